The Morgan fingerprint density at radius 2 is 2.06 bits per heavy atom. The second-order valence-electron chi connectivity index (χ2n) is 5.23. The van der Waals surface area contributed by atoms with E-state index >= 15 is 0 Å². The van der Waals surface area contributed by atoms with Gasteiger partial charge in [0.1, 0.15) is 0 Å². The van der Waals surface area contributed by atoms with Crippen LogP contribution in [-0.4, -0.2) is 42.4 Å². The second kappa shape index (κ2) is 6.38. The number of rotatable bonds is 2. The van der Waals surface area contributed by atoms with Gasteiger partial charge >= 0.3 is 0 Å². The first kappa shape index (κ1) is 15.2. The van der Waals surface area contributed by atoms with Crippen LogP contribution in [0.2, 0.25) is 0 Å². The van der Waals surface area contributed by atoms with Gasteiger partial charge in [-0.25, -0.2) is 0 Å². The molecule has 0 saturated carbocycles. The molecule has 2 rings (SSSR count). The molecule has 2 aliphatic heterocycles. The fourth-order valence-electron chi connectivity index (χ4n) is 2.68. The third kappa shape index (κ3) is 3.36. The van der Waals surface area contributed by atoms with Gasteiger partial charge in [0, 0.05) is 32.1 Å². The van der Waals surface area contributed by atoms with Gasteiger partial charge < -0.3 is 16.0 Å². The molecule has 104 valence electrons. The van der Waals surface area contributed by atoms with E-state index in [2.05, 4.69) is 5.32 Å². The zero-order valence-corrected chi connectivity index (χ0v) is 11.5. The molecule has 0 aliphatic carbocycles. The van der Waals surface area contributed by atoms with Crippen LogP contribution >= 0.6 is 12.4 Å². The Balaban J connectivity index is 0.00000162. The molecule has 2 saturated heterocycles. The van der Waals surface area contributed by atoms with E-state index in [1.807, 2.05) is 11.8 Å². The molecular formula is C12H22ClN3O2. The standard InChI is InChI=1S/C12H21N3O2.ClH/c1-8(13)9-2-4-15(5-3-9)12(17)10-6-11(16)14-7-10;/h8-10H,2-7,13H2,1H3,(H,14,16);1H. The SMILES string of the molecule is CC(N)C1CCN(C(=O)C2CNC(=O)C2)CC1.Cl. The first-order valence-corrected chi connectivity index (χ1v) is 6.39. The fraction of sp³-hybridized carbons (Fsp3) is 0.833. The summed E-state index contributed by atoms with van der Waals surface area (Å²) in [6.07, 6.45) is 2.32. The lowest BCUT2D eigenvalue weighted by Gasteiger charge is -2.34. The minimum atomic E-state index is -0.144. The Labute approximate surface area is 114 Å². The van der Waals surface area contributed by atoms with Gasteiger partial charge in [0.05, 0.1) is 5.92 Å². The molecule has 18 heavy (non-hydrogen) atoms. The number of halogens is 1. The molecule has 3 N–H and O–H groups in total. The van der Waals surface area contributed by atoms with Crippen LogP contribution in [0.1, 0.15) is 26.2 Å². The number of hydrogen-bond donors (Lipinski definition) is 2. The number of nitrogens with two attached hydrogens (primary N) is 1. The van der Waals surface area contributed by atoms with Crippen LogP contribution in [0.15, 0.2) is 0 Å². The zero-order valence-electron chi connectivity index (χ0n) is 10.7. The van der Waals surface area contributed by atoms with Crippen LogP contribution in [-0.2, 0) is 9.59 Å². The van der Waals surface area contributed by atoms with Crippen molar-refractivity contribution in [2.45, 2.75) is 32.2 Å². The van der Waals surface area contributed by atoms with Gasteiger partial charge in [0.15, 0.2) is 0 Å². The van der Waals surface area contributed by atoms with Crippen LogP contribution in [0.3, 0.4) is 0 Å². The average molecular weight is 276 g/mol. The van der Waals surface area contributed by atoms with Crippen LogP contribution in [0.5, 0.6) is 0 Å². The van der Waals surface area contributed by atoms with Crippen molar-refractivity contribution in [1.29, 1.82) is 0 Å². The van der Waals surface area contributed by atoms with Gasteiger partial charge in [0.2, 0.25) is 11.8 Å². The summed E-state index contributed by atoms with van der Waals surface area (Å²) in [5.74, 6) is 0.511. The number of carbonyl (C=O) groups excluding carboxylic acids is 2. The highest BCUT2D eigenvalue weighted by Gasteiger charge is 2.33. The lowest BCUT2D eigenvalue weighted by Crippen LogP contribution is -2.45. The summed E-state index contributed by atoms with van der Waals surface area (Å²) >= 11 is 0. The van der Waals surface area contributed by atoms with Gasteiger partial charge in [0.25, 0.3) is 0 Å². The summed E-state index contributed by atoms with van der Waals surface area (Å²) in [5, 5.41) is 2.71. The third-order valence-electron chi connectivity index (χ3n) is 3.92. The zero-order chi connectivity index (χ0) is 12.4. The molecule has 2 unspecified atom stereocenters. The molecule has 0 aromatic rings. The molecule has 0 spiro atoms. The van der Waals surface area contributed by atoms with Gasteiger partial charge in [-0.05, 0) is 25.7 Å². The van der Waals surface area contributed by atoms with Crippen molar-refractivity contribution < 1.29 is 9.59 Å². The Kier molecular flexibility index (Phi) is 5.41. The summed E-state index contributed by atoms with van der Waals surface area (Å²) < 4.78 is 0. The van der Waals surface area contributed by atoms with E-state index in [4.69, 9.17) is 5.73 Å². The molecule has 0 aromatic heterocycles. The van der Waals surface area contributed by atoms with E-state index in [0.717, 1.165) is 25.9 Å². The van der Waals surface area contributed by atoms with Crippen LogP contribution in [0, 0.1) is 11.8 Å². The summed E-state index contributed by atoms with van der Waals surface area (Å²) in [5.41, 5.74) is 5.87. The number of amides is 2. The number of nitrogens with zero attached hydrogens (tertiary/aromatic N) is 1. The monoisotopic (exact) mass is 275 g/mol. The van der Waals surface area contributed by atoms with Crippen molar-refractivity contribution in [3.8, 4) is 0 Å². The van der Waals surface area contributed by atoms with E-state index in [1.54, 1.807) is 0 Å². The number of piperidine rings is 1. The first-order chi connectivity index (χ1) is 8.08. The number of hydrogen-bond acceptors (Lipinski definition) is 3. The number of carbonyl (C=O) groups is 2. The molecule has 0 aromatic carbocycles. The molecule has 0 radical (unpaired) electrons. The molecular weight excluding hydrogens is 254 g/mol. The lowest BCUT2D eigenvalue weighted by atomic mass is 9.90. The van der Waals surface area contributed by atoms with E-state index in [1.165, 1.54) is 0 Å². The van der Waals surface area contributed by atoms with Crippen LogP contribution in [0.4, 0.5) is 0 Å². The van der Waals surface area contributed by atoms with Crippen molar-refractivity contribution in [2.75, 3.05) is 19.6 Å². The Morgan fingerprint density at radius 3 is 2.50 bits per heavy atom. The fourth-order valence-corrected chi connectivity index (χ4v) is 2.68. The Morgan fingerprint density at radius 1 is 1.44 bits per heavy atom. The summed E-state index contributed by atoms with van der Waals surface area (Å²) in [7, 11) is 0. The van der Waals surface area contributed by atoms with Gasteiger partial charge in [-0.1, -0.05) is 0 Å². The molecule has 0 bridgehead atoms. The average Bonchev–Trinajstić information content (AvgIpc) is 2.75. The Bertz CT molecular complexity index is 314. The molecule has 2 aliphatic rings. The maximum atomic E-state index is 12.1. The van der Waals surface area contributed by atoms with Crippen LogP contribution in [0.25, 0.3) is 0 Å². The summed E-state index contributed by atoms with van der Waals surface area (Å²) in [4.78, 5) is 25.1. The number of nitrogens with one attached hydrogen (secondary N) is 1. The van der Waals surface area contributed by atoms with E-state index in [9.17, 15) is 9.59 Å². The molecule has 2 amide bonds. The second-order valence-corrected chi connectivity index (χ2v) is 5.23. The lowest BCUT2D eigenvalue weighted by molar-refractivity contribution is -0.137. The third-order valence-corrected chi connectivity index (χ3v) is 3.92. The van der Waals surface area contributed by atoms with Crippen molar-refractivity contribution in [3.05, 3.63) is 0 Å². The minimum Gasteiger partial charge on any atom is -0.355 e. The van der Waals surface area contributed by atoms with E-state index in [0.29, 0.717) is 18.9 Å². The van der Waals surface area contributed by atoms with Crippen molar-refractivity contribution in [3.63, 3.8) is 0 Å². The van der Waals surface area contributed by atoms with Gasteiger partial charge in [-0.2, -0.15) is 0 Å². The maximum absolute atomic E-state index is 12.1. The summed E-state index contributed by atoms with van der Waals surface area (Å²) in [6, 6.07) is 0.210. The van der Waals surface area contributed by atoms with Gasteiger partial charge in [-0.15, -0.1) is 12.4 Å². The quantitative estimate of drug-likeness (QED) is 0.752. The predicted molar refractivity (Wildman–Crippen MR) is 71.3 cm³/mol. The highest BCUT2D eigenvalue weighted by Crippen LogP contribution is 2.22. The molecule has 2 heterocycles. The highest BCUT2D eigenvalue weighted by molar-refractivity contribution is 5.89. The van der Waals surface area contributed by atoms with Crippen LogP contribution < -0.4 is 11.1 Å². The largest absolute Gasteiger partial charge is 0.355 e. The highest BCUT2D eigenvalue weighted by atomic mass is 35.5. The number of likely N-dealkylation sites (tertiary alicyclic amines) is 1. The van der Waals surface area contributed by atoms with E-state index < -0.39 is 0 Å². The van der Waals surface area contributed by atoms with Gasteiger partial charge in [-0.3, -0.25) is 9.59 Å². The smallest absolute Gasteiger partial charge is 0.227 e. The Hall–Kier alpha value is -0.810. The maximum Gasteiger partial charge on any atom is 0.227 e. The van der Waals surface area contributed by atoms with Crippen molar-refractivity contribution in [1.82, 2.24) is 10.2 Å². The molecule has 2 atom stereocenters. The normalized spacial score (nSPS) is 26.4. The van der Waals surface area contributed by atoms with Crippen molar-refractivity contribution in [2.24, 2.45) is 17.6 Å². The molecule has 6 heteroatoms. The topological polar surface area (TPSA) is 75.4 Å². The minimum absolute atomic E-state index is 0. The molecule has 2 fully saturated rings. The summed E-state index contributed by atoms with van der Waals surface area (Å²) in [6.45, 7) is 4.11. The van der Waals surface area contributed by atoms with E-state index in [-0.39, 0.29) is 36.2 Å². The predicted octanol–water partition coefficient (Wildman–Crippen LogP) is 0.130. The van der Waals surface area contributed by atoms with Crippen molar-refractivity contribution >= 4 is 24.2 Å². The first-order valence-electron chi connectivity index (χ1n) is 6.39. The molecule has 5 nitrogen and oxygen atoms in total.